The van der Waals surface area contributed by atoms with E-state index in [2.05, 4.69) is 94.0 Å². The lowest BCUT2D eigenvalue weighted by Gasteiger charge is -2.42. The molecule has 7 heteroatoms. The lowest BCUT2D eigenvalue weighted by Crippen LogP contribution is -2.48. The van der Waals surface area contributed by atoms with Gasteiger partial charge in [-0.05, 0) is 85.1 Å². The van der Waals surface area contributed by atoms with Gasteiger partial charge in [-0.1, -0.05) is 116 Å². The number of rotatable bonds is 11. The van der Waals surface area contributed by atoms with E-state index < -0.39 is 6.03 Å². The zero-order valence-electron chi connectivity index (χ0n) is 31.2. The monoisotopic (exact) mass is 673 g/mol. The predicted octanol–water partition coefficient (Wildman–Crippen LogP) is 10.2. The van der Waals surface area contributed by atoms with E-state index in [9.17, 15) is 9.59 Å². The zero-order valence-corrected chi connectivity index (χ0v) is 31.2. The van der Waals surface area contributed by atoms with Crippen LogP contribution in [0.4, 0.5) is 16.2 Å². The third kappa shape index (κ3) is 7.81. The normalized spacial score (nSPS) is 14.2. The van der Waals surface area contributed by atoms with E-state index in [4.69, 9.17) is 4.98 Å². The summed E-state index contributed by atoms with van der Waals surface area (Å²) in [7, 11) is 0. The number of nitrogens with one attached hydrogen (secondary N) is 2. The molecule has 50 heavy (non-hydrogen) atoms. The maximum atomic E-state index is 14.5. The zero-order chi connectivity index (χ0) is 35.8. The van der Waals surface area contributed by atoms with E-state index in [-0.39, 0.29) is 28.6 Å². The first-order valence-electron chi connectivity index (χ1n) is 18.7. The van der Waals surface area contributed by atoms with Crippen LogP contribution in [0.2, 0.25) is 0 Å². The van der Waals surface area contributed by atoms with Crippen LogP contribution in [0.1, 0.15) is 122 Å². The number of aryl methyl sites for hydroxylation is 1. The summed E-state index contributed by atoms with van der Waals surface area (Å²) >= 11 is 0. The number of pyridine rings is 2. The van der Waals surface area contributed by atoms with Crippen molar-refractivity contribution >= 4 is 28.4 Å². The van der Waals surface area contributed by atoms with Gasteiger partial charge in [-0.3, -0.25) is 14.3 Å². The molecule has 1 aliphatic rings. The number of hydrogen-bond donors (Lipinski definition) is 2. The van der Waals surface area contributed by atoms with Gasteiger partial charge in [0.1, 0.15) is 11.3 Å². The van der Waals surface area contributed by atoms with Crippen LogP contribution in [-0.4, -0.2) is 39.1 Å². The van der Waals surface area contributed by atoms with Gasteiger partial charge in [-0.25, -0.2) is 9.78 Å². The molecule has 4 aromatic rings. The second-order valence-electron chi connectivity index (χ2n) is 14.2. The highest BCUT2D eigenvalue weighted by Crippen LogP contribution is 2.36. The Labute approximate surface area is 298 Å². The summed E-state index contributed by atoms with van der Waals surface area (Å²) in [5.41, 5.74) is 5.72. The van der Waals surface area contributed by atoms with Crippen molar-refractivity contribution in [2.24, 2.45) is 0 Å². The molecule has 0 aliphatic heterocycles. The minimum Gasteiger partial charge on any atom is -0.307 e. The number of hydrogen-bond acceptors (Lipinski definition) is 4. The Balaban J connectivity index is 1.65. The van der Waals surface area contributed by atoms with Crippen molar-refractivity contribution in [2.45, 2.75) is 117 Å². The first-order chi connectivity index (χ1) is 24.1. The number of carbonyl (C=O) groups excluding carboxylic acids is 1. The summed E-state index contributed by atoms with van der Waals surface area (Å²) in [5.74, 6) is 7.70. The van der Waals surface area contributed by atoms with Crippen LogP contribution in [0.5, 0.6) is 0 Å². The van der Waals surface area contributed by atoms with Crippen LogP contribution in [0.15, 0.2) is 65.6 Å². The van der Waals surface area contributed by atoms with Gasteiger partial charge in [0.2, 0.25) is 0 Å². The highest BCUT2D eigenvalue weighted by atomic mass is 16.2. The van der Waals surface area contributed by atoms with E-state index in [1.807, 2.05) is 36.4 Å². The maximum absolute atomic E-state index is 14.5. The summed E-state index contributed by atoms with van der Waals surface area (Å²) in [6.45, 7) is 17.5. The topological polar surface area (TPSA) is 79.3 Å². The quantitative estimate of drug-likeness (QED) is 0.155. The minimum atomic E-state index is -0.446. The molecule has 5 rings (SSSR count). The van der Waals surface area contributed by atoms with Crippen molar-refractivity contribution in [1.29, 1.82) is 0 Å². The standard InChI is InChI=1S/C43H55N5O2/c1-8-11-28-48-40-36(22-17-27-44-40)37(33-19-15-18-32(29-33)23-26-43(47(9-2)10-3)24-13-12-14-25-43)39(41(48)49)46-42(50)45-38-34(30(4)5)20-16-21-35(38)31(6)7/h15-22,27,29-31H,8-14,24-25,28H2,1-7H3,(H2,45,46,50). The maximum Gasteiger partial charge on any atom is 0.323 e. The van der Waals surface area contributed by atoms with E-state index in [1.165, 1.54) is 19.3 Å². The van der Waals surface area contributed by atoms with Crippen molar-refractivity contribution in [2.75, 3.05) is 23.7 Å². The SMILES string of the molecule is CCCCn1c(=O)c(NC(=O)Nc2c(C(C)C)cccc2C(C)C)c(-c2cccc(C#CC3(N(CC)CC)CCCCC3)c2)c2cccnc21. The predicted molar refractivity (Wildman–Crippen MR) is 209 cm³/mol. The first kappa shape index (κ1) is 36.9. The third-order valence-corrected chi connectivity index (χ3v) is 10.2. The molecule has 0 saturated heterocycles. The third-order valence-electron chi connectivity index (χ3n) is 10.2. The van der Waals surface area contributed by atoms with Crippen LogP contribution >= 0.6 is 0 Å². The summed E-state index contributed by atoms with van der Waals surface area (Å²) in [5, 5.41) is 7.02. The summed E-state index contributed by atoms with van der Waals surface area (Å²) in [6, 6.07) is 17.7. The van der Waals surface area contributed by atoms with Crippen molar-refractivity contribution in [3.63, 3.8) is 0 Å². The average Bonchev–Trinajstić information content (AvgIpc) is 3.12. The van der Waals surface area contributed by atoms with E-state index >= 15 is 0 Å². The van der Waals surface area contributed by atoms with Gasteiger partial charge in [0, 0.05) is 34.9 Å². The molecular formula is C43H55N5O2. The molecule has 1 fully saturated rings. The highest BCUT2D eigenvalue weighted by molar-refractivity contribution is 6.07. The Kier molecular flexibility index (Phi) is 12.2. The van der Waals surface area contributed by atoms with Crippen molar-refractivity contribution in [1.82, 2.24) is 14.5 Å². The lowest BCUT2D eigenvalue weighted by atomic mass is 9.80. The largest absolute Gasteiger partial charge is 0.323 e. The summed E-state index contributed by atoms with van der Waals surface area (Å²) in [6.07, 6.45) is 9.26. The highest BCUT2D eigenvalue weighted by Gasteiger charge is 2.34. The molecule has 2 aromatic heterocycles. The van der Waals surface area contributed by atoms with Gasteiger partial charge in [-0.2, -0.15) is 0 Å². The van der Waals surface area contributed by atoms with Gasteiger partial charge in [0.05, 0.1) is 5.54 Å². The number of nitrogens with zero attached hydrogens (tertiary/aromatic N) is 3. The summed E-state index contributed by atoms with van der Waals surface area (Å²) < 4.78 is 1.71. The Hall–Kier alpha value is -4.41. The average molecular weight is 674 g/mol. The molecule has 0 atom stereocenters. The first-order valence-corrected chi connectivity index (χ1v) is 18.7. The fourth-order valence-electron chi connectivity index (χ4n) is 7.60. The lowest BCUT2D eigenvalue weighted by molar-refractivity contribution is 0.112. The molecule has 1 aliphatic carbocycles. The molecule has 1 saturated carbocycles. The van der Waals surface area contributed by atoms with Crippen molar-refractivity contribution in [3.05, 3.63) is 87.8 Å². The van der Waals surface area contributed by atoms with Crippen LogP contribution < -0.4 is 16.2 Å². The fraction of sp³-hybridized carbons (Fsp3) is 0.465. The molecule has 0 unspecified atom stereocenters. The van der Waals surface area contributed by atoms with Crippen molar-refractivity contribution in [3.8, 4) is 23.0 Å². The molecule has 264 valence electrons. The Bertz CT molecular complexity index is 1890. The van der Waals surface area contributed by atoms with Crippen LogP contribution in [0.25, 0.3) is 22.2 Å². The van der Waals surface area contributed by atoms with Crippen molar-refractivity contribution < 1.29 is 4.79 Å². The molecule has 2 heterocycles. The Morgan fingerprint density at radius 1 is 0.900 bits per heavy atom. The molecule has 0 radical (unpaired) electrons. The minimum absolute atomic E-state index is 0.125. The molecule has 2 amide bonds. The number of anilines is 2. The number of para-hydroxylation sites is 1. The second-order valence-corrected chi connectivity index (χ2v) is 14.2. The summed E-state index contributed by atoms with van der Waals surface area (Å²) in [4.78, 5) is 35.7. The van der Waals surface area contributed by atoms with E-state index in [0.29, 0.717) is 17.8 Å². The van der Waals surface area contributed by atoms with E-state index in [1.54, 1.807) is 10.8 Å². The number of fused-ring (bicyclic) bond motifs is 1. The number of urea groups is 1. The number of unbranched alkanes of at least 4 members (excludes halogenated alkanes) is 1. The Morgan fingerprint density at radius 2 is 1.56 bits per heavy atom. The van der Waals surface area contributed by atoms with Gasteiger partial charge in [0.15, 0.2) is 0 Å². The van der Waals surface area contributed by atoms with Gasteiger partial charge in [0.25, 0.3) is 5.56 Å². The van der Waals surface area contributed by atoms with Crippen LogP contribution in [-0.2, 0) is 6.54 Å². The number of aromatic nitrogens is 2. The molecule has 7 nitrogen and oxygen atoms in total. The van der Waals surface area contributed by atoms with Crippen LogP contribution in [0, 0.1) is 11.8 Å². The number of amides is 2. The second kappa shape index (κ2) is 16.5. The molecule has 2 N–H and O–H groups in total. The molecule has 2 aromatic carbocycles. The molecule has 0 spiro atoms. The smallest absolute Gasteiger partial charge is 0.307 e. The fourth-order valence-corrected chi connectivity index (χ4v) is 7.60. The van der Waals surface area contributed by atoms with Gasteiger partial charge < -0.3 is 10.6 Å². The van der Waals surface area contributed by atoms with Gasteiger partial charge in [-0.15, -0.1) is 0 Å². The number of carbonyl (C=O) groups is 1. The Morgan fingerprint density at radius 3 is 2.20 bits per heavy atom. The number of benzene rings is 2. The van der Waals surface area contributed by atoms with Gasteiger partial charge >= 0.3 is 6.03 Å². The van der Waals surface area contributed by atoms with E-state index in [0.717, 1.165) is 72.1 Å². The van der Waals surface area contributed by atoms with Crippen LogP contribution in [0.3, 0.4) is 0 Å². The molecule has 0 bridgehead atoms. The molecular weight excluding hydrogens is 619 g/mol.